The molecular weight excluding hydrogens is 740 g/mol. The van der Waals surface area contributed by atoms with Crippen molar-refractivity contribution in [3.63, 3.8) is 0 Å². The summed E-state index contributed by atoms with van der Waals surface area (Å²) in [4.78, 5) is 0. The Morgan fingerprint density at radius 2 is 0.774 bits per heavy atom. The average molecular weight is 808 g/mol. The predicted molar refractivity (Wildman–Crippen MR) is 214 cm³/mol. The van der Waals surface area contributed by atoms with E-state index in [9.17, 15) is 10.2 Å². The third kappa shape index (κ3) is 18.3. The van der Waals surface area contributed by atoms with Crippen LogP contribution in [-0.4, -0.2) is 26.4 Å². The molecule has 292 valence electrons. The van der Waals surface area contributed by atoms with Crippen LogP contribution in [0.3, 0.4) is 0 Å². The number of rotatable bonds is 24. The first-order valence-electron chi connectivity index (χ1n) is 20.6. The van der Waals surface area contributed by atoms with Gasteiger partial charge in [0, 0.05) is 0 Å². The summed E-state index contributed by atoms with van der Waals surface area (Å²) in [7, 11) is 0. The minimum atomic E-state index is -0.463. The summed E-state index contributed by atoms with van der Waals surface area (Å²) >= 11 is -0.463. The van der Waals surface area contributed by atoms with E-state index in [1.165, 1.54) is 51.4 Å². The molecule has 0 unspecified atom stereocenters. The Balaban J connectivity index is 0.000000276. The Labute approximate surface area is 334 Å². The average Bonchev–Trinajstić information content (AvgIpc) is 3.82. The molecule has 0 fully saturated rings. The van der Waals surface area contributed by atoms with Gasteiger partial charge in [0.25, 0.3) is 0 Å². The summed E-state index contributed by atoms with van der Waals surface area (Å²) in [5.41, 5.74) is 3.42. The van der Waals surface area contributed by atoms with Crippen LogP contribution >= 0.6 is 0 Å². The molecule has 0 spiro atoms. The number of benzene rings is 2. The Morgan fingerprint density at radius 1 is 0.472 bits per heavy atom. The van der Waals surface area contributed by atoms with Crippen LogP contribution in [0.15, 0.2) is 78.4 Å². The van der Waals surface area contributed by atoms with Gasteiger partial charge in [-0.05, 0) is 61.4 Å². The van der Waals surface area contributed by atoms with Gasteiger partial charge in [-0.25, -0.2) is 0 Å². The fourth-order valence-electron chi connectivity index (χ4n) is 5.50. The molecule has 53 heavy (non-hydrogen) atoms. The van der Waals surface area contributed by atoms with E-state index in [1.54, 1.807) is 47.5 Å². The Kier molecular flexibility index (Phi) is 25.7. The van der Waals surface area contributed by atoms with Gasteiger partial charge in [0.05, 0.1) is 26.4 Å². The van der Waals surface area contributed by atoms with Crippen LogP contribution in [0, 0.1) is 0 Å². The summed E-state index contributed by atoms with van der Waals surface area (Å²) in [6, 6.07) is 10.4. The van der Waals surface area contributed by atoms with Crippen LogP contribution in [0.25, 0.3) is 0 Å². The summed E-state index contributed by atoms with van der Waals surface area (Å²) in [6.45, 7) is 15.3. The van der Waals surface area contributed by atoms with E-state index in [1.807, 2.05) is 6.56 Å². The number of hydrogen-bond donors (Lipinski definition) is 0. The fraction of sp³-hybridized carbons (Fsp3) is 0.565. The molecule has 0 saturated carbocycles. The fourth-order valence-corrected chi connectivity index (χ4v) is 9.29. The number of para-hydroxylation sites is 2. The van der Waals surface area contributed by atoms with Gasteiger partial charge in [0.1, 0.15) is 23.0 Å². The molecule has 0 bridgehead atoms. The molecule has 2 aliphatic rings. The number of ether oxygens (including phenoxy) is 4. The quantitative estimate of drug-likeness (QED) is 0.0983. The summed E-state index contributed by atoms with van der Waals surface area (Å²) in [6.07, 6.45) is 28.3. The molecule has 7 heteroatoms. The zero-order valence-electron chi connectivity index (χ0n) is 33.9. The van der Waals surface area contributed by atoms with Gasteiger partial charge in [-0.15, -0.1) is 0 Å². The van der Waals surface area contributed by atoms with Gasteiger partial charge < -0.3 is 29.2 Å². The van der Waals surface area contributed by atoms with Crippen molar-refractivity contribution in [1.29, 1.82) is 0 Å². The van der Waals surface area contributed by atoms with E-state index in [0.717, 1.165) is 51.4 Å². The predicted octanol–water partition coefficient (Wildman–Crippen LogP) is 12.1. The van der Waals surface area contributed by atoms with Crippen LogP contribution in [0.4, 0.5) is 0 Å². The van der Waals surface area contributed by atoms with Gasteiger partial charge in [0.15, 0.2) is 0 Å². The molecule has 0 aromatic heterocycles. The maximum Gasteiger partial charge on any atom is 0.115 e. The van der Waals surface area contributed by atoms with E-state index in [0.29, 0.717) is 49.4 Å². The monoisotopic (exact) mass is 806 g/mol. The zero-order chi connectivity index (χ0) is 38.5. The van der Waals surface area contributed by atoms with Gasteiger partial charge in [-0.2, -0.15) is 0 Å². The van der Waals surface area contributed by atoms with Crippen molar-refractivity contribution >= 4 is 0 Å². The van der Waals surface area contributed by atoms with Crippen LogP contribution in [-0.2, 0) is 23.2 Å². The molecule has 0 atom stereocenters. The third-order valence-corrected chi connectivity index (χ3v) is 12.9. The van der Waals surface area contributed by atoms with Gasteiger partial charge in [-0.3, -0.25) is 0 Å². The third-order valence-electron chi connectivity index (χ3n) is 8.87. The molecule has 4 rings (SSSR count). The minimum Gasteiger partial charge on any atom is -0.867 e. The first kappa shape index (κ1) is 46.2. The first-order valence-corrected chi connectivity index (χ1v) is 23.0. The van der Waals surface area contributed by atoms with Crippen LogP contribution in [0.2, 0.25) is 0 Å². The standard InChI is InChI=1S/2C14H22O3.2C9H13.Zr/c2*1-3-5-10-16-12-8-7-9-13(14(12)15)17-11-6-4-2;2*1-2-3-6-9-7-4-5-8-9;/h2*7-9,15H,3-6,10-11H2,1-2H3;2*4,7H,2-3,5-6H2,1H3;/q;;;;+2/p-2. The minimum absolute atomic E-state index is 0.139. The zero-order valence-corrected chi connectivity index (χ0v) is 36.3. The maximum atomic E-state index is 11.9. The smallest absolute Gasteiger partial charge is 0.115 e. The van der Waals surface area contributed by atoms with Crippen molar-refractivity contribution in [3.05, 3.63) is 78.4 Å². The number of allylic oxidation sites excluding steroid dienone is 8. The Bertz CT molecular complexity index is 1250. The second-order valence-electron chi connectivity index (χ2n) is 13.5. The molecule has 0 saturated heterocycles. The van der Waals surface area contributed by atoms with E-state index < -0.39 is 23.2 Å². The van der Waals surface area contributed by atoms with Crippen molar-refractivity contribution in [2.24, 2.45) is 0 Å². The second-order valence-corrected chi connectivity index (χ2v) is 17.1. The molecule has 0 aliphatic heterocycles. The van der Waals surface area contributed by atoms with Crippen molar-refractivity contribution in [3.8, 4) is 34.5 Å². The van der Waals surface area contributed by atoms with Crippen LogP contribution < -0.4 is 29.2 Å². The molecule has 2 aliphatic carbocycles. The molecule has 0 amide bonds. The normalized spacial score (nSPS) is 12.9. The molecule has 0 radical (unpaired) electrons. The SMILES string of the molecule is CCCCC1=[C]([Zr+2][C]2=C(CCCC)C=CC2)CC=C1.CCCCOc1cccc(OCCCC)c1[O-].CCCCOc1cccc(OCCCC)c1[O-]. The molecule has 2 aromatic rings. The topological polar surface area (TPSA) is 83.0 Å². The van der Waals surface area contributed by atoms with Crippen molar-refractivity contribution in [1.82, 2.24) is 0 Å². The molecule has 0 N–H and O–H groups in total. The van der Waals surface area contributed by atoms with Crippen LogP contribution in [0.1, 0.15) is 144 Å². The summed E-state index contributed by atoms with van der Waals surface area (Å²) in [5.74, 6) is 1.30. The number of hydrogen-bond acceptors (Lipinski definition) is 6. The van der Waals surface area contributed by atoms with E-state index >= 15 is 0 Å². The van der Waals surface area contributed by atoms with E-state index in [2.05, 4.69) is 65.8 Å². The van der Waals surface area contributed by atoms with Gasteiger partial charge in [0.2, 0.25) is 0 Å². The second kappa shape index (κ2) is 29.4. The largest absolute Gasteiger partial charge is 0.867 e. The van der Waals surface area contributed by atoms with E-state index in [-0.39, 0.29) is 11.5 Å². The Hall–Kier alpha value is -2.92. The summed E-state index contributed by atoms with van der Waals surface area (Å²) < 4.78 is 25.5. The van der Waals surface area contributed by atoms with Gasteiger partial charge in [-0.1, -0.05) is 65.5 Å². The van der Waals surface area contributed by atoms with Gasteiger partial charge >= 0.3 is 130 Å². The molecule has 2 aromatic carbocycles. The van der Waals surface area contributed by atoms with Crippen molar-refractivity contribution < 1.29 is 52.4 Å². The van der Waals surface area contributed by atoms with Crippen molar-refractivity contribution in [2.45, 2.75) is 144 Å². The number of unbranched alkanes of at least 4 members (excludes halogenated alkanes) is 6. The van der Waals surface area contributed by atoms with E-state index in [4.69, 9.17) is 18.9 Å². The molecule has 6 nitrogen and oxygen atoms in total. The molecule has 0 heterocycles. The maximum absolute atomic E-state index is 11.9. The van der Waals surface area contributed by atoms with Crippen molar-refractivity contribution in [2.75, 3.05) is 26.4 Å². The van der Waals surface area contributed by atoms with Crippen LogP contribution in [0.5, 0.6) is 34.5 Å². The first-order chi connectivity index (χ1) is 25.9. The summed E-state index contributed by atoms with van der Waals surface area (Å²) in [5, 5.41) is 23.8. The Morgan fingerprint density at radius 3 is 1.06 bits per heavy atom. The molecular formula is C46H68O6Zr.